The summed E-state index contributed by atoms with van der Waals surface area (Å²) in [5.74, 6) is 0.109. The Morgan fingerprint density at radius 1 is 1.07 bits per heavy atom. The Labute approximate surface area is 167 Å². The predicted octanol–water partition coefficient (Wildman–Crippen LogP) is 2.55. The summed E-state index contributed by atoms with van der Waals surface area (Å²) in [6.45, 7) is 3.62. The molecule has 1 aliphatic heterocycles. The highest BCUT2D eigenvalue weighted by atomic mass is 16.2. The third-order valence-electron chi connectivity index (χ3n) is 5.82. The van der Waals surface area contributed by atoms with Crippen molar-refractivity contribution in [2.24, 2.45) is 0 Å². The molecule has 2 amide bonds. The highest BCUT2D eigenvalue weighted by Crippen LogP contribution is 2.24. The average molecular weight is 383 g/mol. The number of hydrogen-bond donors (Lipinski definition) is 1. The summed E-state index contributed by atoms with van der Waals surface area (Å²) in [5.41, 5.74) is 1.14. The van der Waals surface area contributed by atoms with E-state index in [-0.39, 0.29) is 17.9 Å². The Morgan fingerprint density at radius 3 is 2.32 bits per heavy atom. The molecule has 1 saturated heterocycles. The standard InChI is InChI=1S/C22H30N4O2/c23-17-18-7-9-19(10-8-18)22(28)26(20-5-3-1-2-4-6-20)14-11-21(27)25-15-12-24-13-16-25/h7-10,20,24H,1-6,11-16H2. The second-order valence-corrected chi connectivity index (χ2v) is 7.71. The Bertz CT molecular complexity index is 696. The molecule has 1 aromatic rings. The first-order valence-electron chi connectivity index (χ1n) is 10.5. The van der Waals surface area contributed by atoms with Crippen LogP contribution in [0.15, 0.2) is 24.3 Å². The van der Waals surface area contributed by atoms with Crippen LogP contribution in [0.25, 0.3) is 0 Å². The van der Waals surface area contributed by atoms with E-state index in [2.05, 4.69) is 11.4 Å². The van der Waals surface area contributed by atoms with Crippen molar-refractivity contribution in [1.82, 2.24) is 15.1 Å². The van der Waals surface area contributed by atoms with Crippen LogP contribution in [0.4, 0.5) is 0 Å². The number of carbonyl (C=O) groups excluding carboxylic acids is 2. The Kier molecular flexibility index (Phi) is 7.44. The summed E-state index contributed by atoms with van der Waals surface area (Å²) < 4.78 is 0. The third kappa shape index (κ3) is 5.32. The van der Waals surface area contributed by atoms with Gasteiger partial charge in [0.05, 0.1) is 11.6 Å². The molecule has 150 valence electrons. The van der Waals surface area contributed by atoms with Gasteiger partial charge in [-0.1, -0.05) is 25.7 Å². The van der Waals surface area contributed by atoms with Gasteiger partial charge < -0.3 is 15.1 Å². The molecule has 3 rings (SSSR count). The lowest BCUT2D eigenvalue weighted by atomic mass is 10.0. The highest BCUT2D eigenvalue weighted by molar-refractivity contribution is 5.94. The van der Waals surface area contributed by atoms with E-state index in [9.17, 15) is 9.59 Å². The van der Waals surface area contributed by atoms with Crippen LogP contribution in [0.3, 0.4) is 0 Å². The lowest BCUT2D eigenvalue weighted by Crippen LogP contribution is -2.48. The maximum Gasteiger partial charge on any atom is 0.254 e. The normalized spacial score (nSPS) is 18.2. The first-order chi connectivity index (χ1) is 13.7. The molecule has 1 saturated carbocycles. The molecule has 0 aromatic heterocycles. The van der Waals surface area contributed by atoms with Crippen molar-refractivity contribution >= 4 is 11.8 Å². The molecular formula is C22H30N4O2. The number of amides is 2. The van der Waals surface area contributed by atoms with Crippen LogP contribution in [-0.4, -0.2) is 60.4 Å². The number of nitrogens with one attached hydrogen (secondary N) is 1. The van der Waals surface area contributed by atoms with E-state index in [1.807, 2.05) is 9.80 Å². The van der Waals surface area contributed by atoms with Crippen LogP contribution in [0.1, 0.15) is 60.9 Å². The first-order valence-corrected chi connectivity index (χ1v) is 10.5. The van der Waals surface area contributed by atoms with Gasteiger partial charge in [0.25, 0.3) is 5.91 Å². The molecule has 2 fully saturated rings. The monoisotopic (exact) mass is 382 g/mol. The molecule has 1 N–H and O–H groups in total. The molecular weight excluding hydrogens is 352 g/mol. The third-order valence-corrected chi connectivity index (χ3v) is 5.82. The highest BCUT2D eigenvalue weighted by Gasteiger charge is 2.27. The fraction of sp³-hybridized carbons (Fsp3) is 0.591. The fourth-order valence-electron chi connectivity index (χ4n) is 4.16. The van der Waals surface area contributed by atoms with Crippen molar-refractivity contribution < 1.29 is 9.59 Å². The molecule has 28 heavy (non-hydrogen) atoms. The van der Waals surface area contributed by atoms with Crippen LogP contribution in [-0.2, 0) is 4.79 Å². The van der Waals surface area contributed by atoms with E-state index in [0.29, 0.717) is 24.1 Å². The number of hydrogen-bond acceptors (Lipinski definition) is 4. The van der Waals surface area contributed by atoms with Gasteiger partial charge >= 0.3 is 0 Å². The molecule has 6 heteroatoms. The van der Waals surface area contributed by atoms with Crippen molar-refractivity contribution in [3.8, 4) is 6.07 Å². The van der Waals surface area contributed by atoms with Gasteiger partial charge in [0.15, 0.2) is 0 Å². The molecule has 0 radical (unpaired) electrons. The minimum absolute atomic E-state index is 0.0236. The van der Waals surface area contributed by atoms with Crippen molar-refractivity contribution in [2.45, 2.75) is 51.0 Å². The van der Waals surface area contributed by atoms with Crippen molar-refractivity contribution in [1.29, 1.82) is 5.26 Å². The predicted molar refractivity (Wildman–Crippen MR) is 108 cm³/mol. The van der Waals surface area contributed by atoms with E-state index in [1.54, 1.807) is 24.3 Å². The number of rotatable bonds is 5. The molecule has 0 bridgehead atoms. The average Bonchev–Trinajstić information content (AvgIpc) is 3.04. The van der Waals surface area contributed by atoms with Crippen molar-refractivity contribution in [2.75, 3.05) is 32.7 Å². The summed E-state index contributed by atoms with van der Waals surface area (Å²) in [6.07, 6.45) is 7.08. The number of nitriles is 1. The first kappa shape index (κ1) is 20.3. The van der Waals surface area contributed by atoms with E-state index >= 15 is 0 Å². The lowest BCUT2D eigenvalue weighted by molar-refractivity contribution is -0.132. The summed E-state index contributed by atoms with van der Waals surface area (Å²) >= 11 is 0. The second-order valence-electron chi connectivity index (χ2n) is 7.71. The minimum atomic E-state index is -0.0236. The van der Waals surface area contributed by atoms with E-state index < -0.39 is 0 Å². The van der Waals surface area contributed by atoms with E-state index in [4.69, 9.17) is 5.26 Å². The van der Waals surface area contributed by atoms with Crippen LogP contribution < -0.4 is 5.32 Å². The topological polar surface area (TPSA) is 76.4 Å². The Hall–Kier alpha value is -2.39. The maximum absolute atomic E-state index is 13.3. The zero-order valence-electron chi connectivity index (χ0n) is 16.5. The van der Waals surface area contributed by atoms with Gasteiger partial charge in [-0.3, -0.25) is 9.59 Å². The number of carbonyl (C=O) groups is 2. The van der Waals surface area contributed by atoms with Crippen molar-refractivity contribution in [3.05, 3.63) is 35.4 Å². The van der Waals surface area contributed by atoms with E-state index in [1.165, 1.54) is 12.8 Å². The summed E-state index contributed by atoms with van der Waals surface area (Å²) in [4.78, 5) is 29.7. The van der Waals surface area contributed by atoms with Gasteiger partial charge in [-0.15, -0.1) is 0 Å². The van der Waals surface area contributed by atoms with Gasteiger partial charge in [0.2, 0.25) is 5.91 Å². The molecule has 0 atom stereocenters. The second kappa shape index (κ2) is 10.2. The largest absolute Gasteiger partial charge is 0.340 e. The summed E-state index contributed by atoms with van der Waals surface area (Å²) in [7, 11) is 0. The molecule has 1 heterocycles. The molecule has 0 spiro atoms. The van der Waals surface area contributed by atoms with Crippen LogP contribution in [0.5, 0.6) is 0 Å². The molecule has 2 aliphatic rings. The van der Waals surface area contributed by atoms with Gasteiger partial charge in [-0.2, -0.15) is 5.26 Å². The molecule has 0 unspecified atom stereocenters. The fourth-order valence-corrected chi connectivity index (χ4v) is 4.16. The van der Waals surface area contributed by atoms with Gasteiger partial charge in [0.1, 0.15) is 0 Å². The van der Waals surface area contributed by atoms with Crippen LogP contribution in [0.2, 0.25) is 0 Å². The number of nitrogens with zero attached hydrogens (tertiary/aromatic N) is 3. The SMILES string of the molecule is N#Cc1ccc(C(=O)N(CCC(=O)N2CCNCC2)C2CCCCCC2)cc1. The van der Waals surface area contributed by atoms with E-state index in [0.717, 1.165) is 51.9 Å². The zero-order chi connectivity index (χ0) is 19.8. The van der Waals surface area contributed by atoms with Crippen LogP contribution >= 0.6 is 0 Å². The quantitative estimate of drug-likeness (QED) is 0.794. The van der Waals surface area contributed by atoms with Gasteiger partial charge in [-0.05, 0) is 37.1 Å². The molecule has 1 aromatic carbocycles. The summed E-state index contributed by atoms with van der Waals surface area (Å²) in [5, 5.41) is 12.2. The Balaban J connectivity index is 1.70. The van der Waals surface area contributed by atoms with Gasteiger partial charge in [0, 0.05) is 50.7 Å². The summed E-state index contributed by atoms with van der Waals surface area (Å²) in [6, 6.07) is 9.11. The van der Waals surface area contributed by atoms with Crippen LogP contribution in [0, 0.1) is 11.3 Å². The Morgan fingerprint density at radius 2 is 1.71 bits per heavy atom. The van der Waals surface area contributed by atoms with Crippen molar-refractivity contribution in [3.63, 3.8) is 0 Å². The minimum Gasteiger partial charge on any atom is -0.340 e. The lowest BCUT2D eigenvalue weighted by Gasteiger charge is -2.33. The maximum atomic E-state index is 13.3. The van der Waals surface area contributed by atoms with Gasteiger partial charge in [-0.25, -0.2) is 0 Å². The molecule has 6 nitrogen and oxygen atoms in total. The molecule has 1 aliphatic carbocycles. The smallest absolute Gasteiger partial charge is 0.254 e. The number of piperazine rings is 1. The number of benzene rings is 1. The zero-order valence-corrected chi connectivity index (χ0v) is 16.5.